The zero-order valence-corrected chi connectivity index (χ0v) is 62.9. The molecule has 0 bridgehead atoms. The molecule has 0 radical (unpaired) electrons. The van der Waals surface area contributed by atoms with Crippen LogP contribution in [0.1, 0.15) is 110 Å². The first-order chi connectivity index (χ1) is 52.6. The third-order valence-electron chi connectivity index (χ3n) is 20.8. The van der Waals surface area contributed by atoms with Gasteiger partial charge in [0.15, 0.2) is 23.0 Å². The van der Waals surface area contributed by atoms with Gasteiger partial charge in [0.2, 0.25) is 23.3 Å². The van der Waals surface area contributed by atoms with Crippen LogP contribution in [0, 0.1) is 21.7 Å². The second-order valence-corrected chi connectivity index (χ2v) is 27.9. The first-order valence-corrected chi connectivity index (χ1v) is 36.6. The summed E-state index contributed by atoms with van der Waals surface area (Å²) in [7, 11) is 10.2. The fourth-order valence-corrected chi connectivity index (χ4v) is 14.6. The molecule has 2 aliphatic carbocycles. The van der Waals surface area contributed by atoms with Gasteiger partial charge in [0.1, 0.15) is 17.4 Å². The largest absolute Gasteiger partial charge is 0.519 e. The number of benzene rings is 5. The number of piperazine rings is 1. The lowest BCUT2D eigenvalue weighted by Gasteiger charge is -2.41. The van der Waals surface area contributed by atoms with E-state index in [0.717, 1.165) is 101 Å². The van der Waals surface area contributed by atoms with Crippen LogP contribution in [0.15, 0.2) is 145 Å². The third kappa shape index (κ3) is 20.5. The van der Waals surface area contributed by atoms with E-state index in [4.69, 9.17) is 38.9 Å². The van der Waals surface area contributed by atoms with E-state index in [9.17, 15) is 38.1 Å². The molecule has 6 heterocycles. The third-order valence-corrected chi connectivity index (χ3v) is 20.8. The number of methoxy groups -OCH3 is 4. The van der Waals surface area contributed by atoms with Gasteiger partial charge in [-0.2, -0.15) is 0 Å². The number of carbonyl (C=O) groups excluding carboxylic acids is 4. The van der Waals surface area contributed by atoms with Crippen molar-refractivity contribution in [2.45, 2.75) is 96.4 Å². The summed E-state index contributed by atoms with van der Waals surface area (Å²) in [5.41, 5.74) is 16.4. The number of nitrogens with zero attached hydrogens (tertiary/aromatic N) is 8. The number of nitro groups is 1. The maximum Gasteiger partial charge on any atom is 0.519 e. The Hall–Kier alpha value is -10.9. The van der Waals surface area contributed by atoms with Crippen LogP contribution in [0.4, 0.5) is 24.1 Å². The number of nitrogens with two attached hydrogens (primary N) is 1. The first-order valence-electron chi connectivity index (χ1n) is 36.6. The number of carbonyl (C=O) groups is 4. The summed E-state index contributed by atoms with van der Waals surface area (Å²) >= 11 is 0. The molecule has 26 heteroatoms. The summed E-state index contributed by atoms with van der Waals surface area (Å²) < 4.78 is 67.8. The summed E-state index contributed by atoms with van der Waals surface area (Å²) in [6, 6.07) is 30.0. The van der Waals surface area contributed by atoms with E-state index in [2.05, 4.69) is 54.3 Å². The van der Waals surface area contributed by atoms with E-state index in [0.29, 0.717) is 72.0 Å². The van der Waals surface area contributed by atoms with Crippen molar-refractivity contribution in [1.29, 1.82) is 0 Å². The van der Waals surface area contributed by atoms with Gasteiger partial charge in [-0.3, -0.25) is 34.6 Å². The Bertz CT molecular complexity index is 4460. The van der Waals surface area contributed by atoms with Crippen LogP contribution in [0.2, 0.25) is 0 Å². The van der Waals surface area contributed by atoms with Crippen molar-refractivity contribution < 1.29 is 66.0 Å². The van der Waals surface area contributed by atoms with Crippen LogP contribution in [-0.2, 0) is 22.7 Å². The lowest BCUT2D eigenvalue weighted by atomic mass is 9.98. The second-order valence-electron chi connectivity index (χ2n) is 27.9. The molecule has 2 aromatic heterocycles. The predicted octanol–water partition coefficient (Wildman–Crippen LogP) is 12.7. The highest BCUT2D eigenvalue weighted by Crippen LogP contribution is 2.48. The minimum Gasteiger partial charge on any atom is -0.493 e. The van der Waals surface area contributed by atoms with E-state index in [1.165, 1.54) is 129 Å². The van der Waals surface area contributed by atoms with Gasteiger partial charge in [0, 0.05) is 94.3 Å². The quantitative estimate of drug-likeness (QED) is 0.0277. The number of fused-ring (bicyclic) bond motifs is 2. The average molecular weight is 1490 g/mol. The van der Waals surface area contributed by atoms with Crippen molar-refractivity contribution in [1.82, 2.24) is 45.1 Å². The lowest BCUT2D eigenvalue weighted by Crippen LogP contribution is -2.54. The maximum absolute atomic E-state index is 14.5. The SMILES string of the molecule is CN1CCC(N2CCC(N)CC2)CC1.COc1cc(C=C2C(C)=C(CC(=O)NCc3cccnc3)c3cc(F)ccc32)cc(OC)c1OC(=O)N1CCN(C2CCN(C)CC2)CC1.COc1cc(C=C2C(C)=C(CC(=O)NCc3cccnc3)c3cc(F)ccc32)cc(OC)c1OC(=O)Oc1ccc([N+](=O)[O-])cc1. The Balaban J connectivity index is 0.000000184. The van der Waals surface area contributed by atoms with E-state index in [1.807, 2.05) is 44.2 Å². The minimum absolute atomic E-state index is 0.0371. The normalized spacial score (nSPS) is 17.3. The Labute approximate surface area is 634 Å². The molecular formula is C83H95F2N11O13. The Kier molecular flexibility index (Phi) is 27.1. The highest BCUT2D eigenvalue weighted by Gasteiger charge is 2.33. The van der Waals surface area contributed by atoms with E-state index >= 15 is 0 Å². The molecule has 109 heavy (non-hydrogen) atoms. The lowest BCUT2D eigenvalue weighted by molar-refractivity contribution is -0.384. The molecule has 4 saturated heterocycles. The number of aromatic nitrogens is 2. The molecule has 0 unspecified atom stereocenters. The van der Waals surface area contributed by atoms with Crippen LogP contribution < -0.4 is 49.5 Å². The number of nitro benzene ring substituents is 1. The smallest absolute Gasteiger partial charge is 0.493 e. The van der Waals surface area contributed by atoms with Crippen molar-refractivity contribution in [3.05, 3.63) is 211 Å². The van der Waals surface area contributed by atoms with E-state index in [-0.39, 0.29) is 64.9 Å². The fourth-order valence-electron chi connectivity index (χ4n) is 14.6. The molecule has 0 saturated carbocycles. The molecule has 3 amide bonds. The van der Waals surface area contributed by atoms with Gasteiger partial charge in [0.25, 0.3) is 5.69 Å². The van der Waals surface area contributed by atoms with Crippen LogP contribution >= 0.6 is 0 Å². The molecule has 7 aromatic rings. The molecule has 5 aromatic carbocycles. The molecular weight excluding hydrogens is 1400 g/mol. The number of piperidine rings is 3. The summed E-state index contributed by atoms with van der Waals surface area (Å²) in [4.78, 5) is 82.0. The van der Waals surface area contributed by atoms with Crippen molar-refractivity contribution in [3.8, 4) is 40.2 Å². The Morgan fingerprint density at radius 3 is 1.37 bits per heavy atom. The predicted molar refractivity (Wildman–Crippen MR) is 413 cm³/mol. The van der Waals surface area contributed by atoms with Crippen molar-refractivity contribution in [2.75, 3.05) is 108 Å². The number of hydrogen-bond donors (Lipinski definition) is 3. The molecule has 0 spiro atoms. The summed E-state index contributed by atoms with van der Waals surface area (Å²) in [6.45, 7) is 14.5. The number of ether oxygens (including phenoxy) is 7. The number of rotatable bonds is 20. The van der Waals surface area contributed by atoms with Crippen LogP contribution in [0.25, 0.3) is 34.4 Å². The second kappa shape index (κ2) is 37.3. The highest BCUT2D eigenvalue weighted by molar-refractivity contribution is 6.09. The van der Waals surface area contributed by atoms with Gasteiger partial charge < -0.3 is 69.1 Å². The number of allylic oxidation sites excluding steroid dienone is 4. The standard InChI is InChI=1S/C38H44FN5O5.C34H28FN3O8.C11H23N3/c1-25-31(30-8-7-28(39)21-33(30)32(25)22-36(45)41-24-26-6-5-11-40-23-26)18-27-19-34(47-3)37(35(20-27)48-4)49-38(46)44-16-14-43(15-17-44)29-9-12-42(2)13-10-29;1-20-27(26-11-6-23(35)16-29(26)28(20)17-32(39)37-19-21-5-4-12-36-18-21)13-22-14-30(43-2)33(31(15-22)44-3)46-34(40)45-25-9-7-24(8-10-25)38(41)42;1-13-6-4-11(5-7-13)14-8-2-10(12)3-9-14/h5-8,11,18-21,23,29H,9-10,12-17,22,24H2,1-4H3,(H,41,45);4-16,18H,17,19H2,1-3H3,(H,37,39);10-11H,2-9,12H2,1H3. The maximum atomic E-state index is 14.5. The zero-order valence-electron chi connectivity index (χ0n) is 62.9. The van der Waals surface area contributed by atoms with Crippen molar-refractivity contribution in [2.24, 2.45) is 5.73 Å². The number of nitrogens with one attached hydrogen (secondary N) is 2. The summed E-state index contributed by atoms with van der Waals surface area (Å²) in [6.07, 6.45) is 16.5. The molecule has 4 fully saturated rings. The van der Waals surface area contributed by atoms with Gasteiger partial charge in [-0.05, 0) is 269 Å². The van der Waals surface area contributed by atoms with Crippen molar-refractivity contribution in [3.63, 3.8) is 0 Å². The molecule has 4 aliphatic heterocycles. The summed E-state index contributed by atoms with van der Waals surface area (Å²) in [5, 5.41) is 16.7. The monoisotopic (exact) mass is 1490 g/mol. The van der Waals surface area contributed by atoms with Gasteiger partial charge >= 0.3 is 12.2 Å². The van der Waals surface area contributed by atoms with Crippen molar-refractivity contribution >= 4 is 64.2 Å². The molecule has 0 atom stereocenters. The van der Waals surface area contributed by atoms with Crippen LogP contribution in [-0.4, -0.2) is 190 Å². The van der Waals surface area contributed by atoms with Crippen LogP contribution in [0.5, 0.6) is 40.2 Å². The molecule has 6 aliphatic rings. The topological polar surface area (TPSA) is 268 Å². The van der Waals surface area contributed by atoms with Gasteiger partial charge in [-0.1, -0.05) is 24.3 Å². The van der Waals surface area contributed by atoms with E-state index < -0.39 is 23.0 Å². The number of pyridine rings is 2. The Morgan fingerprint density at radius 1 is 0.541 bits per heavy atom. The molecule has 574 valence electrons. The van der Waals surface area contributed by atoms with Gasteiger partial charge in [0.05, 0.1) is 46.2 Å². The number of hydrogen-bond acceptors (Lipinski definition) is 20. The first kappa shape index (κ1) is 79.2. The number of non-ortho nitro benzene ring substituents is 1. The zero-order chi connectivity index (χ0) is 77.3. The number of likely N-dealkylation sites (tertiary alicyclic amines) is 3. The van der Waals surface area contributed by atoms with E-state index in [1.54, 1.807) is 72.2 Å². The summed E-state index contributed by atoms with van der Waals surface area (Å²) in [5.74, 6) is -0.000285. The highest BCUT2D eigenvalue weighted by atomic mass is 19.1. The Morgan fingerprint density at radius 2 is 0.963 bits per heavy atom. The fraction of sp³-hybridized carbons (Fsp3) is 0.373. The molecule has 13 rings (SSSR count). The van der Waals surface area contributed by atoms with Gasteiger partial charge in [-0.25, -0.2) is 18.4 Å². The van der Waals surface area contributed by atoms with Gasteiger partial charge in [-0.15, -0.1) is 0 Å². The average Bonchev–Trinajstić information content (AvgIpc) is 1.62. The number of halogens is 2. The van der Waals surface area contributed by atoms with Crippen LogP contribution in [0.3, 0.4) is 0 Å². The minimum atomic E-state index is -1.12. The molecule has 4 N–H and O–H groups in total. The number of amides is 3. The molecule has 24 nitrogen and oxygen atoms in total.